The second-order valence-corrected chi connectivity index (χ2v) is 14.2. The van der Waals surface area contributed by atoms with Gasteiger partial charge in [0.1, 0.15) is 5.52 Å². The van der Waals surface area contributed by atoms with E-state index in [1.165, 1.54) is 17.7 Å². The number of sulfonamides is 1. The molecule has 0 bridgehead atoms. The summed E-state index contributed by atoms with van der Waals surface area (Å²) in [4.78, 5) is 14.0. The molecule has 0 aliphatic carbocycles. The largest absolute Gasteiger partial charge is 0.384 e. The minimum atomic E-state index is -4.13. The van der Waals surface area contributed by atoms with Crippen LogP contribution in [0.4, 0.5) is 5.69 Å². The lowest BCUT2D eigenvalue weighted by Gasteiger charge is -2.12. The van der Waals surface area contributed by atoms with Crippen molar-refractivity contribution in [3.8, 4) is 11.1 Å². The Morgan fingerprint density at radius 3 is 2.38 bits per heavy atom. The second-order valence-electron chi connectivity index (χ2n) is 10.9. The highest BCUT2D eigenvalue weighted by Crippen LogP contribution is 2.25. The highest BCUT2D eigenvalue weighted by Gasteiger charge is 2.20. The summed E-state index contributed by atoms with van der Waals surface area (Å²) in [5, 5.41) is 15.8. The number of hydrogen-bond donors (Lipinski definition) is 3. The summed E-state index contributed by atoms with van der Waals surface area (Å²) < 4.78 is 30.0. The summed E-state index contributed by atoms with van der Waals surface area (Å²) in [7, 11) is -4.13. The van der Waals surface area contributed by atoms with Gasteiger partial charge in [-0.05, 0) is 83.4 Å². The van der Waals surface area contributed by atoms with Crippen molar-refractivity contribution in [1.82, 2.24) is 25.0 Å². The lowest BCUT2D eigenvalue weighted by atomic mass is 10.00. The smallest absolute Gasteiger partial charge is 0.264 e. The van der Waals surface area contributed by atoms with E-state index in [0.717, 1.165) is 33.0 Å². The number of thioether (sulfide) groups is 1. The number of carbonyl (C=O) groups excluding carboxylic acids is 1. The fraction of sp³-hybridized carbons (Fsp3) is 0.139. The SMILES string of the molecule is O=C(NS(=O)(=O)c1ccc2c(c1)nnn2CCSc1ccccc1)c1ccc(NCCNCc2ccccc2-c2ccc(Cl)cc2)cc1. The standard InChI is InChI=1S/C36H33ClN6O3S2/c37-29-14-10-26(11-15-29)33-9-5-4-6-28(33)25-38-20-21-39-30-16-12-27(13-17-30)36(44)41-48(45,46)32-18-19-35-34(24-32)40-42-43(35)22-23-47-31-7-2-1-3-8-31/h1-19,24,38-39H,20-23,25H2,(H,41,44). The number of amides is 1. The minimum Gasteiger partial charge on any atom is -0.384 e. The van der Waals surface area contributed by atoms with Gasteiger partial charge in [-0.3, -0.25) is 4.79 Å². The molecule has 6 aromatic rings. The molecule has 12 heteroatoms. The van der Waals surface area contributed by atoms with Crippen LogP contribution in [0.15, 0.2) is 131 Å². The molecule has 1 heterocycles. The van der Waals surface area contributed by atoms with Crippen molar-refractivity contribution in [3.63, 3.8) is 0 Å². The molecule has 6 rings (SSSR count). The van der Waals surface area contributed by atoms with Gasteiger partial charge in [-0.1, -0.05) is 71.4 Å². The molecule has 5 aromatic carbocycles. The molecule has 0 saturated heterocycles. The van der Waals surface area contributed by atoms with Gasteiger partial charge in [-0.2, -0.15) is 0 Å². The summed E-state index contributed by atoms with van der Waals surface area (Å²) in [6.45, 7) is 2.68. The Hall–Kier alpha value is -4.68. The van der Waals surface area contributed by atoms with E-state index in [0.29, 0.717) is 36.7 Å². The Balaban J connectivity index is 0.979. The number of carbonyl (C=O) groups is 1. The van der Waals surface area contributed by atoms with Crippen molar-refractivity contribution in [1.29, 1.82) is 0 Å². The molecule has 3 N–H and O–H groups in total. The van der Waals surface area contributed by atoms with Gasteiger partial charge < -0.3 is 10.6 Å². The van der Waals surface area contributed by atoms with E-state index < -0.39 is 15.9 Å². The number of nitrogens with one attached hydrogen (secondary N) is 3. The van der Waals surface area contributed by atoms with Crippen LogP contribution in [0, 0.1) is 0 Å². The maximum absolute atomic E-state index is 13.1. The molecule has 0 fully saturated rings. The third kappa shape index (κ3) is 8.42. The van der Waals surface area contributed by atoms with Gasteiger partial charge in [0.05, 0.1) is 17.0 Å². The van der Waals surface area contributed by atoms with E-state index in [9.17, 15) is 13.2 Å². The number of rotatable bonds is 14. The maximum Gasteiger partial charge on any atom is 0.264 e. The topological polar surface area (TPSA) is 118 Å². The number of halogens is 1. The fourth-order valence-electron chi connectivity index (χ4n) is 5.13. The monoisotopic (exact) mass is 696 g/mol. The van der Waals surface area contributed by atoms with E-state index in [4.69, 9.17) is 11.6 Å². The molecule has 0 radical (unpaired) electrons. The predicted molar refractivity (Wildman–Crippen MR) is 193 cm³/mol. The lowest BCUT2D eigenvalue weighted by molar-refractivity contribution is 0.0981. The molecule has 0 atom stereocenters. The predicted octanol–water partition coefficient (Wildman–Crippen LogP) is 6.86. The number of fused-ring (bicyclic) bond motifs is 1. The van der Waals surface area contributed by atoms with Crippen LogP contribution in [0.1, 0.15) is 15.9 Å². The Morgan fingerprint density at radius 1 is 0.833 bits per heavy atom. The van der Waals surface area contributed by atoms with Crippen molar-refractivity contribution in [2.24, 2.45) is 0 Å². The van der Waals surface area contributed by atoms with Crippen molar-refractivity contribution in [3.05, 3.63) is 137 Å². The van der Waals surface area contributed by atoms with Gasteiger partial charge in [0, 0.05) is 46.6 Å². The van der Waals surface area contributed by atoms with Crippen LogP contribution in [-0.2, 0) is 23.1 Å². The second kappa shape index (κ2) is 15.5. The van der Waals surface area contributed by atoms with Crippen molar-refractivity contribution >= 4 is 56.0 Å². The first-order valence-corrected chi connectivity index (χ1v) is 18.2. The molecule has 0 unspecified atom stereocenters. The third-order valence-corrected chi connectivity index (χ3v) is 10.2. The molecule has 0 saturated carbocycles. The Bertz CT molecular complexity index is 2110. The van der Waals surface area contributed by atoms with Crippen LogP contribution in [0.25, 0.3) is 22.2 Å². The van der Waals surface area contributed by atoms with Crippen LogP contribution in [-0.4, -0.2) is 48.2 Å². The van der Waals surface area contributed by atoms with Crippen LogP contribution in [0.2, 0.25) is 5.02 Å². The zero-order valence-electron chi connectivity index (χ0n) is 25.8. The van der Waals surface area contributed by atoms with Gasteiger partial charge in [0.15, 0.2) is 0 Å². The molecule has 0 aliphatic rings. The van der Waals surface area contributed by atoms with Gasteiger partial charge in [0.2, 0.25) is 0 Å². The number of aryl methyl sites for hydroxylation is 1. The molecule has 48 heavy (non-hydrogen) atoms. The van der Waals surface area contributed by atoms with Gasteiger partial charge >= 0.3 is 0 Å². The number of benzene rings is 5. The zero-order valence-corrected chi connectivity index (χ0v) is 28.2. The van der Waals surface area contributed by atoms with Crippen molar-refractivity contribution in [2.45, 2.75) is 22.9 Å². The van der Waals surface area contributed by atoms with Gasteiger partial charge in [-0.15, -0.1) is 16.9 Å². The summed E-state index contributed by atoms with van der Waals surface area (Å²) >= 11 is 7.76. The average molecular weight is 697 g/mol. The summed E-state index contributed by atoms with van der Waals surface area (Å²) in [6, 6.07) is 37.3. The molecule has 0 spiro atoms. The molecule has 1 aromatic heterocycles. The quantitative estimate of drug-likeness (QED) is 0.0835. The number of hydrogen-bond acceptors (Lipinski definition) is 8. The van der Waals surface area contributed by atoms with Crippen LogP contribution in [0.5, 0.6) is 0 Å². The number of nitrogens with zero attached hydrogens (tertiary/aromatic N) is 3. The first-order valence-electron chi connectivity index (χ1n) is 15.3. The van der Waals surface area contributed by atoms with E-state index >= 15 is 0 Å². The number of aromatic nitrogens is 3. The third-order valence-electron chi connectivity index (χ3n) is 7.60. The summed E-state index contributed by atoms with van der Waals surface area (Å²) in [5.74, 6) is 0.0641. The average Bonchev–Trinajstić information content (AvgIpc) is 3.51. The molecule has 1 amide bonds. The Morgan fingerprint density at radius 2 is 1.58 bits per heavy atom. The van der Waals surface area contributed by atoms with E-state index in [1.807, 2.05) is 66.7 Å². The van der Waals surface area contributed by atoms with E-state index in [2.05, 4.69) is 37.8 Å². The summed E-state index contributed by atoms with van der Waals surface area (Å²) in [5.41, 5.74) is 5.65. The van der Waals surface area contributed by atoms with Crippen LogP contribution < -0.4 is 15.4 Å². The molecular formula is C36H33ClN6O3S2. The Kier molecular flexibility index (Phi) is 10.7. The first-order chi connectivity index (χ1) is 23.4. The van der Waals surface area contributed by atoms with E-state index in [-0.39, 0.29) is 10.5 Å². The normalized spacial score (nSPS) is 11.4. The zero-order chi connectivity index (χ0) is 33.3. The van der Waals surface area contributed by atoms with Gasteiger partial charge in [-0.25, -0.2) is 17.8 Å². The molecule has 244 valence electrons. The molecule has 0 aliphatic heterocycles. The van der Waals surface area contributed by atoms with Crippen molar-refractivity contribution in [2.75, 3.05) is 24.2 Å². The van der Waals surface area contributed by atoms with E-state index in [1.54, 1.807) is 46.8 Å². The maximum atomic E-state index is 13.1. The lowest BCUT2D eigenvalue weighted by Crippen LogP contribution is -2.30. The molecule has 9 nitrogen and oxygen atoms in total. The highest BCUT2D eigenvalue weighted by atomic mass is 35.5. The van der Waals surface area contributed by atoms with Crippen LogP contribution >= 0.6 is 23.4 Å². The fourth-order valence-corrected chi connectivity index (χ4v) is 7.10. The minimum absolute atomic E-state index is 0.0596. The summed E-state index contributed by atoms with van der Waals surface area (Å²) in [6.07, 6.45) is 0. The highest BCUT2D eigenvalue weighted by molar-refractivity contribution is 7.99. The number of anilines is 1. The van der Waals surface area contributed by atoms with Gasteiger partial charge in [0.25, 0.3) is 15.9 Å². The Labute approximate surface area is 288 Å². The van der Waals surface area contributed by atoms with Crippen molar-refractivity contribution < 1.29 is 13.2 Å². The molecular weight excluding hydrogens is 664 g/mol. The van der Waals surface area contributed by atoms with Crippen LogP contribution in [0.3, 0.4) is 0 Å². The first kappa shape index (κ1) is 33.2.